The van der Waals surface area contributed by atoms with Crippen LogP contribution < -0.4 is 5.32 Å². The van der Waals surface area contributed by atoms with Crippen molar-refractivity contribution in [1.82, 2.24) is 5.32 Å². The van der Waals surface area contributed by atoms with Crippen LogP contribution in [0.2, 0.25) is 5.02 Å². The average Bonchev–Trinajstić information content (AvgIpc) is 2.77. The summed E-state index contributed by atoms with van der Waals surface area (Å²) in [6.07, 6.45) is 0. The number of rotatable bonds is 4. The highest BCUT2D eigenvalue weighted by Crippen LogP contribution is 2.23. The third-order valence-corrected chi connectivity index (χ3v) is 5.11. The van der Waals surface area contributed by atoms with Gasteiger partial charge in [-0.25, -0.2) is 0 Å². The zero-order chi connectivity index (χ0) is 10.7. The van der Waals surface area contributed by atoms with E-state index in [2.05, 4.69) is 32.7 Å². The van der Waals surface area contributed by atoms with Gasteiger partial charge in [-0.1, -0.05) is 11.6 Å². The SMILES string of the molecule is Clc1csc(CNCc2sccc2Br)c1. The fourth-order valence-corrected chi connectivity index (χ4v) is 3.70. The molecule has 2 aromatic heterocycles. The Kier molecular flexibility index (Phi) is 4.22. The minimum atomic E-state index is 0.828. The van der Waals surface area contributed by atoms with E-state index in [1.807, 2.05) is 11.4 Å². The fraction of sp³-hybridized carbons (Fsp3) is 0.200. The number of nitrogens with one attached hydrogen (secondary N) is 1. The van der Waals surface area contributed by atoms with Crippen molar-refractivity contribution in [2.75, 3.05) is 0 Å². The Morgan fingerprint density at radius 1 is 1.33 bits per heavy atom. The molecule has 0 aliphatic rings. The van der Waals surface area contributed by atoms with Crippen LogP contribution in [0.1, 0.15) is 9.75 Å². The summed E-state index contributed by atoms with van der Waals surface area (Å²) >= 11 is 12.8. The van der Waals surface area contributed by atoms with E-state index in [0.717, 1.165) is 18.1 Å². The molecule has 5 heteroatoms. The molecule has 0 aromatic carbocycles. The molecule has 2 aromatic rings. The van der Waals surface area contributed by atoms with Crippen LogP contribution in [-0.2, 0) is 13.1 Å². The second kappa shape index (κ2) is 5.46. The van der Waals surface area contributed by atoms with Crippen molar-refractivity contribution in [3.63, 3.8) is 0 Å². The molecule has 2 rings (SSSR count). The van der Waals surface area contributed by atoms with Crippen LogP contribution in [0.5, 0.6) is 0 Å². The molecule has 0 aliphatic heterocycles. The summed E-state index contributed by atoms with van der Waals surface area (Å²) in [7, 11) is 0. The summed E-state index contributed by atoms with van der Waals surface area (Å²) in [4.78, 5) is 2.60. The fourth-order valence-electron chi connectivity index (χ4n) is 1.20. The molecular formula is C10H9BrClNS2. The van der Waals surface area contributed by atoms with Crippen LogP contribution in [-0.4, -0.2) is 0 Å². The third kappa shape index (κ3) is 3.29. The molecule has 0 spiro atoms. The lowest BCUT2D eigenvalue weighted by atomic mass is 10.4. The molecule has 0 saturated carbocycles. The predicted molar refractivity (Wildman–Crippen MR) is 71.9 cm³/mol. The lowest BCUT2D eigenvalue weighted by Gasteiger charge is -2.01. The molecule has 0 bridgehead atoms. The highest BCUT2D eigenvalue weighted by molar-refractivity contribution is 9.10. The maximum Gasteiger partial charge on any atom is 0.0516 e. The summed E-state index contributed by atoms with van der Waals surface area (Å²) < 4.78 is 1.18. The molecule has 1 nitrogen and oxygen atoms in total. The second-order valence-corrected chi connectivity index (χ2v) is 6.31. The Morgan fingerprint density at radius 2 is 2.20 bits per heavy atom. The van der Waals surface area contributed by atoms with Gasteiger partial charge in [0.15, 0.2) is 0 Å². The molecule has 0 aliphatic carbocycles. The van der Waals surface area contributed by atoms with Crippen LogP contribution >= 0.6 is 50.2 Å². The molecule has 0 radical (unpaired) electrons. The van der Waals surface area contributed by atoms with Crippen LogP contribution in [0, 0.1) is 0 Å². The molecule has 0 atom stereocenters. The van der Waals surface area contributed by atoms with Crippen molar-refractivity contribution in [3.8, 4) is 0 Å². The topological polar surface area (TPSA) is 12.0 Å². The van der Waals surface area contributed by atoms with Gasteiger partial charge >= 0.3 is 0 Å². The van der Waals surface area contributed by atoms with Gasteiger partial charge in [-0.3, -0.25) is 0 Å². The van der Waals surface area contributed by atoms with Gasteiger partial charge in [-0.15, -0.1) is 22.7 Å². The van der Waals surface area contributed by atoms with Gasteiger partial charge in [-0.2, -0.15) is 0 Å². The first kappa shape index (κ1) is 11.6. The minimum absolute atomic E-state index is 0.828. The molecule has 0 unspecified atom stereocenters. The van der Waals surface area contributed by atoms with E-state index in [4.69, 9.17) is 11.6 Å². The van der Waals surface area contributed by atoms with Crippen LogP contribution in [0.25, 0.3) is 0 Å². The zero-order valence-electron chi connectivity index (χ0n) is 7.80. The largest absolute Gasteiger partial charge is 0.307 e. The molecule has 1 N–H and O–H groups in total. The Morgan fingerprint density at radius 3 is 2.80 bits per heavy atom. The van der Waals surface area contributed by atoms with Crippen molar-refractivity contribution in [2.45, 2.75) is 13.1 Å². The van der Waals surface area contributed by atoms with Crippen molar-refractivity contribution < 1.29 is 0 Å². The monoisotopic (exact) mass is 321 g/mol. The highest BCUT2D eigenvalue weighted by Gasteiger charge is 2.01. The smallest absolute Gasteiger partial charge is 0.0516 e. The molecular weight excluding hydrogens is 314 g/mol. The van der Waals surface area contributed by atoms with Crippen molar-refractivity contribution in [1.29, 1.82) is 0 Å². The quantitative estimate of drug-likeness (QED) is 0.873. The van der Waals surface area contributed by atoms with E-state index in [-0.39, 0.29) is 0 Å². The van der Waals surface area contributed by atoms with E-state index in [9.17, 15) is 0 Å². The van der Waals surface area contributed by atoms with Gasteiger partial charge < -0.3 is 5.32 Å². The first-order valence-electron chi connectivity index (χ1n) is 4.41. The second-order valence-electron chi connectivity index (χ2n) is 3.03. The highest BCUT2D eigenvalue weighted by atomic mass is 79.9. The predicted octanol–water partition coefficient (Wildman–Crippen LogP) is 4.52. The van der Waals surface area contributed by atoms with Gasteiger partial charge in [0.1, 0.15) is 0 Å². The summed E-state index contributed by atoms with van der Waals surface area (Å²) in [6, 6.07) is 4.08. The lowest BCUT2D eigenvalue weighted by Crippen LogP contribution is -2.10. The normalized spacial score (nSPS) is 10.8. The van der Waals surface area contributed by atoms with E-state index in [1.54, 1.807) is 22.7 Å². The van der Waals surface area contributed by atoms with Crippen LogP contribution in [0.3, 0.4) is 0 Å². The van der Waals surface area contributed by atoms with Crippen LogP contribution in [0.15, 0.2) is 27.4 Å². The Labute approximate surface area is 110 Å². The third-order valence-electron chi connectivity index (χ3n) is 1.90. The first-order chi connectivity index (χ1) is 7.25. The molecule has 0 amide bonds. The van der Waals surface area contributed by atoms with Crippen molar-refractivity contribution in [2.24, 2.45) is 0 Å². The van der Waals surface area contributed by atoms with E-state index in [1.165, 1.54) is 14.2 Å². The summed E-state index contributed by atoms with van der Waals surface area (Å²) in [6.45, 7) is 1.77. The maximum absolute atomic E-state index is 5.84. The number of halogens is 2. The minimum Gasteiger partial charge on any atom is -0.307 e. The summed E-state index contributed by atoms with van der Waals surface area (Å²) in [5.74, 6) is 0. The number of hydrogen-bond donors (Lipinski definition) is 1. The molecule has 2 heterocycles. The Balaban J connectivity index is 1.83. The zero-order valence-corrected chi connectivity index (χ0v) is 11.8. The standard InChI is InChI=1S/C10H9BrClNS2/c11-9-1-2-14-10(9)5-13-4-8-3-7(12)6-15-8/h1-3,6,13H,4-5H2. The molecule has 0 fully saturated rings. The van der Waals surface area contributed by atoms with E-state index < -0.39 is 0 Å². The average molecular weight is 323 g/mol. The number of thiophene rings is 2. The summed E-state index contributed by atoms with van der Waals surface area (Å²) in [5, 5.41) is 8.26. The van der Waals surface area contributed by atoms with E-state index >= 15 is 0 Å². The first-order valence-corrected chi connectivity index (χ1v) is 7.34. The molecule has 15 heavy (non-hydrogen) atoms. The summed E-state index contributed by atoms with van der Waals surface area (Å²) in [5.41, 5.74) is 0. The Bertz CT molecular complexity index is 438. The van der Waals surface area contributed by atoms with Crippen LogP contribution in [0.4, 0.5) is 0 Å². The van der Waals surface area contributed by atoms with Gasteiger partial charge in [0.25, 0.3) is 0 Å². The van der Waals surface area contributed by atoms with Crippen molar-refractivity contribution >= 4 is 50.2 Å². The maximum atomic E-state index is 5.84. The van der Waals surface area contributed by atoms with Gasteiger partial charge in [0, 0.05) is 32.7 Å². The van der Waals surface area contributed by atoms with Gasteiger partial charge in [0.2, 0.25) is 0 Å². The molecule has 0 saturated heterocycles. The number of hydrogen-bond acceptors (Lipinski definition) is 3. The Hall–Kier alpha value is 0.130. The van der Waals surface area contributed by atoms with E-state index in [0.29, 0.717) is 0 Å². The van der Waals surface area contributed by atoms with Crippen molar-refractivity contribution in [3.05, 3.63) is 42.1 Å². The molecule has 80 valence electrons. The van der Waals surface area contributed by atoms with Gasteiger partial charge in [0.05, 0.1) is 5.02 Å². The lowest BCUT2D eigenvalue weighted by molar-refractivity contribution is 0.707. The van der Waals surface area contributed by atoms with Gasteiger partial charge in [-0.05, 0) is 33.4 Å².